The van der Waals surface area contributed by atoms with Crippen molar-refractivity contribution in [3.8, 4) is 0 Å². The van der Waals surface area contributed by atoms with Crippen molar-refractivity contribution >= 4 is 5.97 Å². The second kappa shape index (κ2) is 5.80. The molecule has 1 saturated heterocycles. The van der Waals surface area contributed by atoms with E-state index in [1.165, 1.54) is 19.3 Å². The van der Waals surface area contributed by atoms with E-state index in [1.54, 1.807) is 0 Å². The Kier molecular flexibility index (Phi) is 4.51. The third-order valence-electron chi connectivity index (χ3n) is 4.82. The molecule has 1 unspecified atom stereocenters. The first-order chi connectivity index (χ1) is 8.92. The number of hydrogen-bond donors (Lipinski definition) is 2. The van der Waals surface area contributed by atoms with Gasteiger partial charge in [0, 0.05) is 24.7 Å². The molecule has 110 valence electrons. The van der Waals surface area contributed by atoms with Gasteiger partial charge in [-0.05, 0) is 52.9 Å². The molecule has 1 aliphatic carbocycles. The molecule has 1 saturated carbocycles. The van der Waals surface area contributed by atoms with Gasteiger partial charge in [-0.3, -0.25) is 15.0 Å². The number of likely N-dealkylation sites (tertiary alicyclic amines) is 1. The lowest BCUT2D eigenvalue weighted by molar-refractivity contribution is -0.144. The Morgan fingerprint density at radius 1 is 1.26 bits per heavy atom. The summed E-state index contributed by atoms with van der Waals surface area (Å²) in [5.41, 5.74) is -0.766. The molecular weight excluding hydrogens is 240 g/mol. The largest absolute Gasteiger partial charge is 0.480 e. The number of nitrogens with one attached hydrogen (secondary N) is 1. The molecule has 0 amide bonds. The molecule has 1 aliphatic heterocycles. The number of carboxylic acid groups (broad SMARTS) is 1. The number of piperidine rings is 1. The van der Waals surface area contributed by atoms with E-state index in [0.717, 1.165) is 19.4 Å². The van der Waals surface area contributed by atoms with Crippen LogP contribution in [0.2, 0.25) is 0 Å². The van der Waals surface area contributed by atoms with E-state index in [4.69, 9.17) is 0 Å². The van der Waals surface area contributed by atoms with Gasteiger partial charge in [-0.2, -0.15) is 0 Å². The molecule has 19 heavy (non-hydrogen) atoms. The predicted octanol–water partition coefficient (Wildman–Crippen LogP) is 2.23. The molecule has 2 rings (SSSR count). The first-order valence-electron chi connectivity index (χ1n) is 7.69. The van der Waals surface area contributed by atoms with Crippen molar-refractivity contribution in [3.63, 3.8) is 0 Å². The molecule has 0 radical (unpaired) electrons. The second-order valence-electron chi connectivity index (χ2n) is 6.67. The minimum atomic E-state index is -0.766. The maximum atomic E-state index is 11.5. The zero-order valence-corrected chi connectivity index (χ0v) is 12.5. The normalized spacial score (nSPS) is 31.9. The number of carbonyl (C=O) groups is 1. The highest BCUT2D eigenvalue weighted by atomic mass is 16.4. The Bertz CT molecular complexity index is 320. The second-order valence-corrected chi connectivity index (χ2v) is 6.67. The molecule has 2 aliphatic rings. The maximum absolute atomic E-state index is 11.5. The number of nitrogens with zero attached hydrogens (tertiary/aromatic N) is 1. The zero-order valence-electron chi connectivity index (χ0n) is 12.5. The molecular formula is C15H28N2O2. The van der Waals surface area contributed by atoms with Crippen LogP contribution in [-0.4, -0.2) is 46.2 Å². The van der Waals surface area contributed by atoms with Crippen LogP contribution >= 0.6 is 0 Å². The SMILES string of the molecule is C[C@@H]1CCC[C@H](C)N1CCC(C)(NC1CC1)C(=O)O. The lowest BCUT2D eigenvalue weighted by atomic mass is 9.93. The molecule has 0 aromatic carbocycles. The van der Waals surface area contributed by atoms with Crippen LogP contribution in [0.1, 0.15) is 59.3 Å². The Morgan fingerprint density at radius 2 is 1.84 bits per heavy atom. The van der Waals surface area contributed by atoms with E-state index < -0.39 is 11.5 Å². The summed E-state index contributed by atoms with van der Waals surface area (Å²) in [7, 11) is 0. The summed E-state index contributed by atoms with van der Waals surface area (Å²) >= 11 is 0. The van der Waals surface area contributed by atoms with E-state index >= 15 is 0 Å². The summed E-state index contributed by atoms with van der Waals surface area (Å²) in [4.78, 5) is 14.0. The van der Waals surface area contributed by atoms with Crippen molar-refractivity contribution in [2.24, 2.45) is 0 Å². The minimum absolute atomic E-state index is 0.428. The lowest BCUT2D eigenvalue weighted by Crippen LogP contribution is -2.54. The molecule has 0 aromatic heterocycles. The van der Waals surface area contributed by atoms with Crippen molar-refractivity contribution in [3.05, 3.63) is 0 Å². The van der Waals surface area contributed by atoms with Gasteiger partial charge in [-0.1, -0.05) is 6.42 Å². The molecule has 2 N–H and O–H groups in total. The van der Waals surface area contributed by atoms with Crippen molar-refractivity contribution in [2.75, 3.05) is 6.54 Å². The van der Waals surface area contributed by atoms with Crippen LogP contribution in [0.25, 0.3) is 0 Å². The average Bonchev–Trinajstić information content (AvgIpc) is 3.12. The molecule has 2 fully saturated rings. The quantitative estimate of drug-likeness (QED) is 0.775. The van der Waals surface area contributed by atoms with Crippen LogP contribution in [0.3, 0.4) is 0 Å². The first kappa shape index (κ1) is 14.8. The summed E-state index contributed by atoms with van der Waals surface area (Å²) < 4.78 is 0. The van der Waals surface area contributed by atoms with Gasteiger partial charge in [0.1, 0.15) is 5.54 Å². The van der Waals surface area contributed by atoms with Gasteiger partial charge < -0.3 is 5.11 Å². The minimum Gasteiger partial charge on any atom is -0.480 e. The summed E-state index contributed by atoms with van der Waals surface area (Å²) in [6, 6.07) is 1.60. The fourth-order valence-electron chi connectivity index (χ4n) is 3.19. The molecule has 0 aromatic rings. The van der Waals surface area contributed by atoms with Gasteiger partial charge in [0.25, 0.3) is 0 Å². The lowest BCUT2D eigenvalue weighted by Gasteiger charge is -2.40. The highest BCUT2D eigenvalue weighted by Crippen LogP contribution is 2.27. The number of aliphatic carboxylic acids is 1. The predicted molar refractivity (Wildman–Crippen MR) is 76.3 cm³/mol. The summed E-state index contributed by atoms with van der Waals surface area (Å²) in [5, 5.41) is 12.8. The molecule has 0 spiro atoms. The standard InChI is InChI=1S/C15H28N2O2/c1-11-5-4-6-12(2)17(11)10-9-15(3,14(18)19)16-13-7-8-13/h11-13,16H,4-10H2,1-3H3,(H,18,19)/t11-,12+,15?. The summed E-state index contributed by atoms with van der Waals surface area (Å²) in [6.07, 6.45) is 6.72. The molecule has 3 atom stereocenters. The molecule has 4 heteroatoms. The van der Waals surface area contributed by atoms with Gasteiger partial charge in [0.15, 0.2) is 0 Å². The highest BCUT2D eigenvalue weighted by Gasteiger charge is 2.39. The van der Waals surface area contributed by atoms with E-state index in [2.05, 4.69) is 24.1 Å². The van der Waals surface area contributed by atoms with Crippen molar-refractivity contribution in [1.29, 1.82) is 0 Å². The number of carboxylic acids is 1. The van der Waals surface area contributed by atoms with Crippen LogP contribution in [0, 0.1) is 0 Å². The smallest absolute Gasteiger partial charge is 0.323 e. The van der Waals surface area contributed by atoms with Gasteiger partial charge in [0.05, 0.1) is 0 Å². The van der Waals surface area contributed by atoms with Crippen molar-refractivity contribution in [2.45, 2.75) is 83.0 Å². The summed E-state index contributed by atoms with van der Waals surface area (Å²) in [5.74, 6) is -0.711. The van der Waals surface area contributed by atoms with Crippen molar-refractivity contribution < 1.29 is 9.90 Å². The third-order valence-corrected chi connectivity index (χ3v) is 4.82. The summed E-state index contributed by atoms with van der Waals surface area (Å²) in [6.45, 7) is 7.25. The van der Waals surface area contributed by atoms with Crippen LogP contribution in [0.15, 0.2) is 0 Å². The topological polar surface area (TPSA) is 52.6 Å². The van der Waals surface area contributed by atoms with Crippen LogP contribution in [0.4, 0.5) is 0 Å². The van der Waals surface area contributed by atoms with Crippen LogP contribution < -0.4 is 5.32 Å². The number of rotatable bonds is 6. The van der Waals surface area contributed by atoms with E-state index in [0.29, 0.717) is 24.5 Å². The monoisotopic (exact) mass is 268 g/mol. The fraction of sp³-hybridized carbons (Fsp3) is 0.933. The van der Waals surface area contributed by atoms with Gasteiger partial charge in [-0.25, -0.2) is 0 Å². The van der Waals surface area contributed by atoms with Crippen LogP contribution in [-0.2, 0) is 4.79 Å². The first-order valence-corrected chi connectivity index (χ1v) is 7.69. The molecule has 0 bridgehead atoms. The van der Waals surface area contributed by atoms with Crippen molar-refractivity contribution in [1.82, 2.24) is 10.2 Å². The third kappa shape index (κ3) is 3.69. The highest BCUT2D eigenvalue weighted by molar-refractivity contribution is 5.78. The van der Waals surface area contributed by atoms with Gasteiger partial charge in [0.2, 0.25) is 0 Å². The van der Waals surface area contributed by atoms with Gasteiger partial charge in [-0.15, -0.1) is 0 Å². The number of hydrogen-bond acceptors (Lipinski definition) is 3. The van der Waals surface area contributed by atoms with E-state index in [-0.39, 0.29) is 0 Å². The van der Waals surface area contributed by atoms with E-state index in [1.807, 2.05) is 6.92 Å². The average molecular weight is 268 g/mol. The Morgan fingerprint density at radius 3 is 2.32 bits per heavy atom. The van der Waals surface area contributed by atoms with Crippen LogP contribution in [0.5, 0.6) is 0 Å². The Balaban J connectivity index is 1.91. The molecule has 1 heterocycles. The Hall–Kier alpha value is -0.610. The zero-order chi connectivity index (χ0) is 14.0. The Labute approximate surface area is 116 Å². The fourth-order valence-corrected chi connectivity index (χ4v) is 3.19. The maximum Gasteiger partial charge on any atom is 0.323 e. The molecule has 4 nitrogen and oxygen atoms in total. The van der Waals surface area contributed by atoms with Gasteiger partial charge >= 0.3 is 5.97 Å². The van der Waals surface area contributed by atoms with E-state index in [9.17, 15) is 9.90 Å².